The first-order valence-corrected chi connectivity index (χ1v) is 4.48. The van der Waals surface area contributed by atoms with Crippen LogP contribution in [0.25, 0.3) is 0 Å². The minimum absolute atomic E-state index is 0.0324. The minimum Gasteiger partial charge on any atom is -0.478 e. The molecule has 1 aromatic carbocycles. The van der Waals surface area contributed by atoms with E-state index in [0.717, 1.165) is 17.5 Å². The van der Waals surface area contributed by atoms with Gasteiger partial charge in [0, 0.05) is 17.5 Å². The Labute approximate surface area is 81.9 Å². The van der Waals surface area contributed by atoms with Gasteiger partial charge in [-0.3, -0.25) is 4.79 Å². The van der Waals surface area contributed by atoms with Crippen molar-refractivity contribution in [3.05, 3.63) is 29.3 Å². The molecule has 0 atom stereocenters. The van der Waals surface area contributed by atoms with Gasteiger partial charge in [0.15, 0.2) is 12.4 Å². The molecule has 0 bridgehead atoms. The van der Waals surface area contributed by atoms with E-state index in [-0.39, 0.29) is 12.4 Å². The molecular weight excluding hydrogens is 178 g/mol. The summed E-state index contributed by atoms with van der Waals surface area (Å²) >= 11 is 0. The van der Waals surface area contributed by atoms with Crippen molar-refractivity contribution < 1.29 is 9.53 Å². The molecule has 0 N–H and O–H groups in total. The molecule has 3 nitrogen and oxygen atoms in total. The number of hydrogen-bond donors (Lipinski definition) is 0. The van der Waals surface area contributed by atoms with Gasteiger partial charge in [0.2, 0.25) is 0 Å². The molecule has 0 radical (unpaired) electrons. The van der Waals surface area contributed by atoms with Gasteiger partial charge in [0.25, 0.3) is 0 Å². The smallest absolute Gasteiger partial charge is 0.174 e. The SMILES string of the molecule is N#CCOc1cccc2c1CCC2=O. The fourth-order valence-corrected chi connectivity index (χ4v) is 1.70. The van der Waals surface area contributed by atoms with Crippen LogP contribution in [0.2, 0.25) is 0 Å². The Morgan fingerprint density at radius 1 is 1.43 bits per heavy atom. The van der Waals surface area contributed by atoms with E-state index in [0.29, 0.717) is 12.2 Å². The largest absolute Gasteiger partial charge is 0.478 e. The van der Waals surface area contributed by atoms with Crippen molar-refractivity contribution in [2.24, 2.45) is 0 Å². The van der Waals surface area contributed by atoms with Gasteiger partial charge >= 0.3 is 0 Å². The van der Waals surface area contributed by atoms with Crippen LogP contribution in [0.15, 0.2) is 18.2 Å². The maximum Gasteiger partial charge on any atom is 0.174 e. The third-order valence-corrected chi connectivity index (χ3v) is 2.33. The second-order valence-electron chi connectivity index (χ2n) is 3.15. The Balaban J connectivity index is 2.35. The van der Waals surface area contributed by atoms with Gasteiger partial charge in [-0.2, -0.15) is 5.26 Å². The molecule has 1 aromatic rings. The average Bonchev–Trinajstić information content (AvgIpc) is 2.58. The molecule has 2 rings (SSSR count). The lowest BCUT2D eigenvalue weighted by atomic mass is 10.1. The van der Waals surface area contributed by atoms with Crippen molar-refractivity contribution in [3.8, 4) is 11.8 Å². The van der Waals surface area contributed by atoms with Crippen molar-refractivity contribution in [3.63, 3.8) is 0 Å². The number of fused-ring (bicyclic) bond motifs is 1. The van der Waals surface area contributed by atoms with Crippen molar-refractivity contribution in [1.29, 1.82) is 5.26 Å². The molecule has 1 aliphatic rings. The Morgan fingerprint density at radius 2 is 2.29 bits per heavy atom. The molecule has 0 aromatic heterocycles. The number of nitrogens with zero attached hydrogens (tertiary/aromatic N) is 1. The highest BCUT2D eigenvalue weighted by atomic mass is 16.5. The molecular formula is C11H9NO2. The van der Waals surface area contributed by atoms with Gasteiger partial charge in [-0.15, -0.1) is 0 Å². The number of benzene rings is 1. The predicted octanol–water partition coefficient (Wildman–Crippen LogP) is 1.72. The Hall–Kier alpha value is -1.82. The van der Waals surface area contributed by atoms with Gasteiger partial charge in [0.05, 0.1) is 0 Å². The van der Waals surface area contributed by atoms with E-state index in [1.807, 2.05) is 12.1 Å². The molecule has 0 aliphatic heterocycles. The number of ketones is 1. The van der Waals surface area contributed by atoms with E-state index in [4.69, 9.17) is 10.00 Å². The van der Waals surface area contributed by atoms with Gasteiger partial charge in [0.1, 0.15) is 11.8 Å². The van der Waals surface area contributed by atoms with Gasteiger partial charge in [-0.1, -0.05) is 12.1 Å². The highest BCUT2D eigenvalue weighted by molar-refractivity contribution is 6.01. The van der Waals surface area contributed by atoms with Crippen molar-refractivity contribution >= 4 is 5.78 Å². The normalized spacial score (nSPS) is 13.5. The number of ether oxygens (including phenoxy) is 1. The number of carbonyl (C=O) groups excluding carboxylic acids is 1. The molecule has 0 fully saturated rings. The molecule has 0 spiro atoms. The maximum atomic E-state index is 11.4. The topological polar surface area (TPSA) is 50.1 Å². The van der Waals surface area contributed by atoms with Crippen LogP contribution in [-0.4, -0.2) is 12.4 Å². The zero-order valence-corrected chi connectivity index (χ0v) is 7.62. The molecule has 0 saturated heterocycles. The molecule has 0 saturated carbocycles. The van der Waals surface area contributed by atoms with E-state index in [1.165, 1.54) is 0 Å². The van der Waals surface area contributed by atoms with Crippen molar-refractivity contribution in [2.45, 2.75) is 12.8 Å². The lowest BCUT2D eigenvalue weighted by Gasteiger charge is -2.06. The Kier molecular flexibility index (Phi) is 2.19. The fourth-order valence-electron chi connectivity index (χ4n) is 1.70. The van der Waals surface area contributed by atoms with Gasteiger partial charge < -0.3 is 4.74 Å². The average molecular weight is 187 g/mol. The minimum atomic E-state index is 0.0324. The van der Waals surface area contributed by atoms with E-state index in [1.54, 1.807) is 12.1 Å². The third kappa shape index (κ3) is 1.35. The van der Waals surface area contributed by atoms with Crippen LogP contribution in [0.1, 0.15) is 22.3 Å². The summed E-state index contributed by atoms with van der Waals surface area (Å²) in [4.78, 5) is 11.4. The molecule has 1 aliphatic carbocycles. The maximum absolute atomic E-state index is 11.4. The monoisotopic (exact) mass is 187 g/mol. The zero-order chi connectivity index (χ0) is 9.97. The van der Waals surface area contributed by atoms with Crippen LogP contribution in [0.3, 0.4) is 0 Å². The first-order chi connectivity index (χ1) is 6.83. The third-order valence-electron chi connectivity index (χ3n) is 2.33. The predicted molar refractivity (Wildman–Crippen MR) is 50.2 cm³/mol. The molecule has 14 heavy (non-hydrogen) atoms. The fraction of sp³-hybridized carbons (Fsp3) is 0.273. The van der Waals surface area contributed by atoms with Crippen LogP contribution in [0.5, 0.6) is 5.75 Å². The first kappa shape index (κ1) is 8.76. The second-order valence-corrected chi connectivity index (χ2v) is 3.15. The second kappa shape index (κ2) is 3.51. The number of hydrogen-bond acceptors (Lipinski definition) is 3. The Morgan fingerprint density at radius 3 is 3.07 bits per heavy atom. The highest BCUT2D eigenvalue weighted by Gasteiger charge is 2.22. The van der Waals surface area contributed by atoms with E-state index < -0.39 is 0 Å². The first-order valence-electron chi connectivity index (χ1n) is 4.48. The van der Waals surface area contributed by atoms with E-state index in [2.05, 4.69) is 0 Å². The molecule has 0 amide bonds. The van der Waals surface area contributed by atoms with Crippen LogP contribution in [0, 0.1) is 11.3 Å². The van der Waals surface area contributed by atoms with Crippen LogP contribution in [0.4, 0.5) is 0 Å². The van der Waals surface area contributed by atoms with Crippen molar-refractivity contribution in [2.75, 3.05) is 6.61 Å². The summed E-state index contributed by atoms with van der Waals surface area (Å²) in [5.41, 5.74) is 1.70. The van der Waals surface area contributed by atoms with Crippen LogP contribution < -0.4 is 4.74 Å². The standard InChI is InChI=1S/C11H9NO2/c12-6-7-14-11-3-1-2-8-9(11)4-5-10(8)13/h1-3H,4-5,7H2. The highest BCUT2D eigenvalue weighted by Crippen LogP contribution is 2.30. The van der Waals surface area contributed by atoms with Gasteiger partial charge in [-0.25, -0.2) is 0 Å². The summed E-state index contributed by atoms with van der Waals surface area (Å²) in [5, 5.41) is 8.39. The summed E-state index contributed by atoms with van der Waals surface area (Å²) < 4.78 is 5.23. The summed E-state index contributed by atoms with van der Waals surface area (Å²) in [6.07, 6.45) is 1.29. The lowest BCUT2D eigenvalue weighted by molar-refractivity contribution is 0.0994. The van der Waals surface area contributed by atoms with Crippen LogP contribution in [-0.2, 0) is 6.42 Å². The van der Waals surface area contributed by atoms with E-state index >= 15 is 0 Å². The molecule has 70 valence electrons. The molecule has 0 heterocycles. The van der Waals surface area contributed by atoms with E-state index in [9.17, 15) is 4.79 Å². The number of carbonyl (C=O) groups is 1. The Bertz CT molecular complexity index is 418. The number of Topliss-reactive ketones (excluding diaryl/α,β-unsaturated/α-hetero) is 1. The summed E-state index contributed by atoms with van der Waals surface area (Å²) in [6, 6.07) is 7.31. The summed E-state index contributed by atoms with van der Waals surface area (Å²) in [5.74, 6) is 0.845. The summed E-state index contributed by atoms with van der Waals surface area (Å²) in [6.45, 7) is 0.0324. The number of rotatable bonds is 2. The van der Waals surface area contributed by atoms with Gasteiger partial charge in [-0.05, 0) is 12.5 Å². The quantitative estimate of drug-likeness (QED) is 0.708. The lowest BCUT2D eigenvalue weighted by Crippen LogP contribution is -1.98. The van der Waals surface area contributed by atoms with Crippen molar-refractivity contribution in [1.82, 2.24) is 0 Å². The number of nitriles is 1. The molecule has 0 unspecified atom stereocenters. The summed E-state index contributed by atoms with van der Waals surface area (Å²) in [7, 11) is 0. The van der Waals surface area contributed by atoms with Crippen LogP contribution >= 0.6 is 0 Å². The molecule has 3 heteroatoms. The zero-order valence-electron chi connectivity index (χ0n) is 7.62.